The molecule has 0 radical (unpaired) electrons. The second kappa shape index (κ2) is 8.69. The number of amides is 1. The molecule has 30 heavy (non-hydrogen) atoms. The molecule has 1 aromatic heterocycles. The number of para-hydroxylation sites is 1. The van der Waals surface area contributed by atoms with Gasteiger partial charge in [0.25, 0.3) is 5.56 Å². The summed E-state index contributed by atoms with van der Waals surface area (Å²) in [4.78, 5) is 38.5. The van der Waals surface area contributed by atoms with Crippen molar-refractivity contribution >= 4 is 16.8 Å². The van der Waals surface area contributed by atoms with Crippen molar-refractivity contribution in [2.45, 2.75) is 53.2 Å². The van der Waals surface area contributed by atoms with E-state index < -0.39 is 5.69 Å². The molecule has 6 heteroatoms. The highest BCUT2D eigenvalue weighted by Crippen LogP contribution is 2.29. The van der Waals surface area contributed by atoms with Crippen LogP contribution in [0.3, 0.4) is 0 Å². The molecule has 1 amide bonds. The maximum atomic E-state index is 13.0. The van der Waals surface area contributed by atoms with E-state index in [0.717, 1.165) is 12.0 Å². The van der Waals surface area contributed by atoms with Crippen molar-refractivity contribution in [2.75, 3.05) is 0 Å². The molecule has 0 aliphatic rings. The van der Waals surface area contributed by atoms with Gasteiger partial charge in [0.15, 0.2) is 0 Å². The summed E-state index contributed by atoms with van der Waals surface area (Å²) in [5.74, 6) is -0.262. The Hall–Kier alpha value is -3.15. The van der Waals surface area contributed by atoms with E-state index in [0.29, 0.717) is 10.9 Å². The number of nitrogens with one attached hydrogen (secondary N) is 1. The summed E-state index contributed by atoms with van der Waals surface area (Å²) in [6, 6.07) is 16.6. The molecule has 0 aliphatic heterocycles. The maximum Gasteiger partial charge on any atom is 0.331 e. The minimum absolute atomic E-state index is 0.00671. The predicted molar refractivity (Wildman–Crippen MR) is 120 cm³/mol. The number of benzene rings is 2. The lowest BCUT2D eigenvalue weighted by Gasteiger charge is -2.27. The molecule has 1 heterocycles. The van der Waals surface area contributed by atoms with Gasteiger partial charge in [0, 0.05) is 6.54 Å². The lowest BCUT2D eigenvalue weighted by Crippen LogP contribution is -2.43. The van der Waals surface area contributed by atoms with Gasteiger partial charge in [-0.05, 0) is 36.5 Å². The molecule has 0 bridgehead atoms. The van der Waals surface area contributed by atoms with E-state index in [-0.39, 0.29) is 36.0 Å². The minimum atomic E-state index is -0.469. The first kappa shape index (κ1) is 21.6. The van der Waals surface area contributed by atoms with Crippen LogP contribution in [0, 0.1) is 5.41 Å². The molecule has 0 aliphatic carbocycles. The van der Waals surface area contributed by atoms with Gasteiger partial charge >= 0.3 is 5.69 Å². The van der Waals surface area contributed by atoms with Gasteiger partial charge in [-0.25, -0.2) is 4.79 Å². The Kier molecular flexibility index (Phi) is 6.25. The third-order valence-electron chi connectivity index (χ3n) is 5.10. The second-order valence-electron chi connectivity index (χ2n) is 8.73. The molecule has 0 spiro atoms. The topological polar surface area (TPSA) is 73.1 Å². The molecule has 1 N–H and O–H groups in total. The van der Waals surface area contributed by atoms with Crippen LogP contribution in [0.1, 0.15) is 45.7 Å². The van der Waals surface area contributed by atoms with Crippen LogP contribution in [0.4, 0.5) is 0 Å². The number of hydrogen-bond acceptors (Lipinski definition) is 3. The SMILES string of the molecule is CCn1c(=O)c2ccccc2n(CC(=O)NC(CC(C)(C)C)c2ccccc2)c1=O. The maximum absolute atomic E-state index is 13.0. The minimum Gasteiger partial charge on any atom is -0.348 e. The highest BCUT2D eigenvalue weighted by atomic mass is 16.2. The zero-order valence-electron chi connectivity index (χ0n) is 18.0. The van der Waals surface area contributed by atoms with Gasteiger partial charge in [-0.2, -0.15) is 0 Å². The predicted octanol–water partition coefficient (Wildman–Crippen LogP) is 3.48. The quantitative estimate of drug-likeness (QED) is 0.680. The normalized spacial score (nSPS) is 12.7. The summed E-state index contributed by atoms with van der Waals surface area (Å²) in [6.07, 6.45) is 0.757. The third kappa shape index (κ3) is 4.70. The zero-order valence-corrected chi connectivity index (χ0v) is 18.0. The lowest BCUT2D eigenvalue weighted by molar-refractivity contribution is -0.122. The van der Waals surface area contributed by atoms with Gasteiger partial charge in [0.05, 0.1) is 16.9 Å². The molecule has 1 atom stereocenters. The van der Waals surface area contributed by atoms with Gasteiger partial charge in [-0.15, -0.1) is 0 Å². The summed E-state index contributed by atoms with van der Waals surface area (Å²) in [7, 11) is 0. The number of carbonyl (C=O) groups is 1. The van der Waals surface area contributed by atoms with Crippen LogP contribution in [-0.2, 0) is 17.9 Å². The van der Waals surface area contributed by atoms with Gasteiger partial charge < -0.3 is 5.32 Å². The average Bonchev–Trinajstić information content (AvgIpc) is 2.71. The van der Waals surface area contributed by atoms with Crippen molar-refractivity contribution in [2.24, 2.45) is 5.41 Å². The molecule has 0 saturated carbocycles. The van der Waals surface area contributed by atoms with E-state index in [1.165, 1.54) is 9.13 Å². The molecule has 158 valence electrons. The highest BCUT2D eigenvalue weighted by Gasteiger charge is 2.23. The molecule has 0 saturated heterocycles. The lowest BCUT2D eigenvalue weighted by atomic mass is 9.85. The molecular weight excluding hydrogens is 378 g/mol. The van der Waals surface area contributed by atoms with Crippen molar-refractivity contribution in [3.63, 3.8) is 0 Å². The van der Waals surface area contributed by atoms with Crippen LogP contribution in [0.2, 0.25) is 0 Å². The molecule has 2 aromatic carbocycles. The molecule has 3 aromatic rings. The van der Waals surface area contributed by atoms with E-state index >= 15 is 0 Å². The number of rotatable bonds is 6. The van der Waals surface area contributed by atoms with Gasteiger partial charge in [0.1, 0.15) is 6.54 Å². The standard InChI is InChI=1S/C24H29N3O3/c1-5-26-22(29)18-13-9-10-14-20(18)27(23(26)30)16-21(28)25-19(15-24(2,3)4)17-11-7-6-8-12-17/h6-14,19H,5,15-16H2,1-4H3,(H,25,28). The fourth-order valence-corrected chi connectivity index (χ4v) is 3.74. The van der Waals surface area contributed by atoms with Crippen molar-refractivity contribution in [3.05, 3.63) is 81.0 Å². The van der Waals surface area contributed by atoms with Crippen LogP contribution in [0.15, 0.2) is 64.2 Å². The first-order chi connectivity index (χ1) is 14.2. The van der Waals surface area contributed by atoms with Gasteiger partial charge in [-0.1, -0.05) is 63.2 Å². The molecule has 3 rings (SSSR count). The molecular formula is C24H29N3O3. The number of fused-ring (bicyclic) bond motifs is 1. The van der Waals surface area contributed by atoms with E-state index in [9.17, 15) is 14.4 Å². The molecule has 0 fully saturated rings. The Labute approximate surface area is 176 Å². The Morgan fingerprint density at radius 2 is 1.60 bits per heavy atom. The summed E-state index contributed by atoms with van der Waals surface area (Å²) in [6.45, 7) is 8.24. The Morgan fingerprint density at radius 1 is 0.967 bits per heavy atom. The number of aromatic nitrogens is 2. The second-order valence-corrected chi connectivity index (χ2v) is 8.73. The van der Waals surface area contributed by atoms with Crippen molar-refractivity contribution in [3.8, 4) is 0 Å². The first-order valence-electron chi connectivity index (χ1n) is 10.3. The summed E-state index contributed by atoms with van der Waals surface area (Å²) >= 11 is 0. The van der Waals surface area contributed by atoms with Crippen molar-refractivity contribution < 1.29 is 4.79 Å². The first-order valence-corrected chi connectivity index (χ1v) is 10.3. The Morgan fingerprint density at radius 3 is 2.23 bits per heavy atom. The fraction of sp³-hybridized carbons (Fsp3) is 0.375. The third-order valence-corrected chi connectivity index (χ3v) is 5.10. The average molecular weight is 408 g/mol. The van der Waals surface area contributed by atoms with Crippen molar-refractivity contribution in [1.82, 2.24) is 14.5 Å². The van der Waals surface area contributed by atoms with Crippen molar-refractivity contribution in [1.29, 1.82) is 0 Å². The summed E-state index contributed by atoms with van der Waals surface area (Å²) in [5, 5.41) is 3.53. The monoisotopic (exact) mass is 407 g/mol. The van der Waals surface area contributed by atoms with E-state index in [1.807, 2.05) is 30.3 Å². The number of hydrogen-bond donors (Lipinski definition) is 1. The van der Waals surface area contributed by atoms with Crippen LogP contribution in [-0.4, -0.2) is 15.0 Å². The number of nitrogens with zero attached hydrogens (tertiary/aromatic N) is 2. The Bertz CT molecular complexity index is 1150. The van der Waals surface area contributed by atoms with Gasteiger partial charge in [0.2, 0.25) is 5.91 Å². The summed E-state index contributed by atoms with van der Waals surface area (Å²) in [5.41, 5.74) is 0.705. The van der Waals surface area contributed by atoms with E-state index in [1.54, 1.807) is 31.2 Å². The smallest absolute Gasteiger partial charge is 0.331 e. The fourth-order valence-electron chi connectivity index (χ4n) is 3.74. The summed E-state index contributed by atoms with van der Waals surface area (Å²) < 4.78 is 2.55. The largest absolute Gasteiger partial charge is 0.348 e. The highest BCUT2D eigenvalue weighted by molar-refractivity contribution is 5.81. The van der Waals surface area contributed by atoms with E-state index in [2.05, 4.69) is 26.1 Å². The van der Waals surface area contributed by atoms with Crippen LogP contribution in [0.5, 0.6) is 0 Å². The number of carbonyl (C=O) groups excluding carboxylic acids is 1. The van der Waals surface area contributed by atoms with Gasteiger partial charge in [-0.3, -0.25) is 18.7 Å². The Balaban J connectivity index is 1.96. The molecule has 1 unspecified atom stereocenters. The van der Waals surface area contributed by atoms with Crippen LogP contribution >= 0.6 is 0 Å². The van der Waals surface area contributed by atoms with E-state index in [4.69, 9.17) is 0 Å². The van der Waals surface area contributed by atoms with Crippen LogP contribution in [0.25, 0.3) is 10.9 Å². The zero-order chi connectivity index (χ0) is 21.9. The molecule has 6 nitrogen and oxygen atoms in total. The van der Waals surface area contributed by atoms with Crippen LogP contribution < -0.4 is 16.6 Å².